The third-order valence-corrected chi connectivity index (χ3v) is 2.50. The van der Waals surface area contributed by atoms with Crippen molar-refractivity contribution in [2.45, 2.75) is 13.8 Å². The lowest BCUT2D eigenvalue weighted by Crippen LogP contribution is -2.43. The van der Waals surface area contributed by atoms with Crippen molar-refractivity contribution in [1.82, 2.24) is 10.2 Å². The second kappa shape index (κ2) is 5.66. The summed E-state index contributed by atoms with van der Waals surface area (Å²) in [6, 6.07) is 0. The molecule has 78 valence electrons. The zero-order valence-corrected chi connectivity index (χ0v) is 9.21. The van der Waals surface area contributed by atoms with Crippen LogP contribution in [-0.2, 0) is 0 Å². The van der Waals surface area contributed by atoms with E-state index in [4.69, 9.17) is 0 Å². The molecule has 0 spiro atoms. The van der Waals surface area contributed by atoms with E-state index in [1.807, 2.05) is 6.08 Å². The third kappa shape index (κ3) is 2.74. The molecule has 0 aliphatic carbocycles. The predicted octanol–water partition coefficient (Wildman–Crippen LogP) is 1.93. The average Bonchev–Trinajstić information content (AvgIpc) is 2.21. The van der Waals surface area contributed by atoms with Gasteiger partial charge in [0.15, 0.2) is 0 Å². The fraction of sp³-hybridized carbons (Fsp3) is 0.500. The predicted molar refractivity (Wildman–Crippen MR) is 62.2 cm³/mol. The number of hydrogen-bond acceptors (Lipinski definition) is 2. The molecular weight excluding hydrogens is 172 g/mol. The van der Waals surface area contributed by atoms with Crippen LogP contribution in [-0.4, -0.2) is 31.1 Å². The van der Waals surface area contributed by atoms with E-state index in [0.29, 0.717) is 0 Å². The Hall–Kier alpha value is -1.02. The summed E-state index contributed by atoms with van der Waals surface area (Å²) in [5, 5.41) is 3.36. The topological polar surface area (TPSA) is 15.3 Å². The summed E-state index contributed by atoms with van der Waals surface area (Å²) in [7, 11) is 0. The SMILES string of the molecule is C=CC=C(C)C(=CC)N1CCNCC1. The second-order valence-corrected chi connectivity index (χ2v) is 3.50. The molecule has 2 nitrogen and oxygen atoms in total. The molecule has 1 saturated heterocycles. The van der Waals surface area contributed by atoms with Gasteiger partial charge >= 0.3 is 0 Å². The van der Waals surface area contributed by atoms with E-state index in [0.717, 1.165) is 26.2 Å². The van der Waals surface area contributed by atoms with E-state index >= 15 is 0 Å². The van der Waals surface area contributed by atoms with Gasteiger partial charge in [-0.2, -0.15) is 0 Å². The van der Waals surface area contributed by atoms with Gasteiger partial charge in [0.2, 0.25) is 0 Å². The third-order valence-electron chi connectivity index (χ3n) is 2.50. The van der Waals surface area contributed by atoms with Crippen LogP contribution in [0.3, 0.4) is 0 Å². The van der Waals surface area contributed by atoms with Gasteiger partial charge in [0.1, 0.15) is 0 Å². The number of nitrogens with one attached hydrogen (secondary N) is 1. The molecule has 0 radical (unpaired) electrons. The minimum atomic E-state index is 1.08. The molecule has 0 amide bonds. The lowest BCUT2D eigenvalue weighted by Gasteiger charge is -2.32. The second-order valence-electron chi connectivity index (χ2n) is 3.50. The maximum atomic E-state index is 3.73. The fourth-order valence-corrected chi connectivity index (χ4v) is 1.83. The van der Waals surface area contributed by atoms with Crippen molar-refractivity contribution in [2.75, 3.05) is 26.2 Å². The van der Waals surface area contributed by atoms with E-state index in [1.165, 1.54) is 11.3 Å². The minimum Gasteiger partial charge on any atom is -0.369 e. The fourth-order valence-electron chi connectivity index (χ4n) is 1.83. The standard InChI is InChI=1S/C12H20N2/c1-4-6-11(3)12(5-2)14-9-7-13-8-10-14/h4-6,13H,1,7-10H2,2-3H3. The van der Waals surface area contributed by atoms with Crippen LogP contribution in [0.5, 0.6) is 0 Å². The summed E-state index contributed by atoms with van der Waals surface area (Å²) in [6.45, 7) is 12.3. The Morgan fingerprint density at radius 2 is 2.00 bits per heavy atom. The molecule has 0 saturated carbocycles. The van der Waals surface area contributed by atoms with E-state index < -0.39 is 0 Å². The number of hydrogen-bond donors (Lipinski definition) is 1. The van der Waals surface area contributed by atoms with E-state index in [2.05, 4.69) is 42.8 Å². The van der Waals surface area contributed by atoms with Crippen molar-refractivity contribution >= 4 is 0 Å². The molecular formula is C12H20N2. The molecule has 1 aliphatic rings. The van der Waals surface area contributed by atoms with Gasteiger partial charge in [0.05, 0.1) is 0 Å². The van der Waals surface area contributed by atoms with Crippen molar-refractivity contribution < 1.29 is 0 Å². The molecule has 0 bridgehead atoms. The van der Waals surface area contributed by atoms with Gasteiger partial charge in [-0.1, -0.05) is 24.8 Å². The van der Waals surface area contributed by atoms with Crippen molar-refractivity contribution in [3.05, 3.63) is 36.1 Å². The Kier molecular flexibility index (Phi) is 4.47. The van der Waals surface area contributed by atoms with Crippen LogP contribution in [0, 0.1) is 0 Å². The highest BCUT2D eigenvalue weighted by molar-refractivity contribution is 5.30. The lowest BCUT2D eigenvalue weighted by atomic mass is 10.1. The first kappa shape index (κ1) is 11.1. The van der Waals surface area contributed by atoms with Gasteiger partial charge in [-0.25, -0.2) is 0 Å². The summed E-state index contributed by atoms with van der Waals surface area (Å²) in [6.07, 6.45) is 6.10. The van der Waals surface area contributed by atoms with Crippen LogP contribution in [0.4, 0.5) is 0 Å². The van der Waals surface area contributed by atoms with Gasteiger partial charge in [-0.15, -0.1) is 0 Å². The maximum absolute atomic E-state index is 3.73. The van der Waals surface area contributed by atoms with Gasteiger partial charge in [-0.05, 0) is 19.4 Å². The van der Waals surface area contributed by atoms with E-state index in [1.54, 1.807) is 0 Å². The number of nitrogens with zero attached hydrogens (tertiary/aromatic N) is 1. The largest absolute Gasteiger partial charge is 0.369 e. The molecule has 0 aromatic heterocycles. The van der Waals surface area contributed by atoms with Crippen LogP contribution in [0.2, 0.25) is 0 Å². The van der Waals surface area contributed by atoms with Crippen molar-refractivity contribution in [3.8, 4) is 0 Å². The molecule has 14 heavy (non-hydrogen) atoms. The van der Waals surface area contributed by atoms with Gasteiger partial charge < -0.3 is 10.2 Å². The Morgan fingerprint density at radius 1 is 1.36 bits per heavy atom. The zero-order chi connectivity index (χ0) is 10.4. The average molecular weight is 192 g/mol. The Balaban J connectivity index is 2.70. The molecule has 0 aromatic carbocycles. The summed E-state index contributed by atoms with van der Waals surface area (Å²) >= 11 is 0. The van der Waals surface area contributed by atoms with Crippen LogP contribution in [0.1, 0.15) is 13.8 Å². The van der Waals surface area contributed by atoms with Crippen LogP contribution in [0.25, 0.3) is 0 Å². The number of piperazine rings is 1. The summed E-state index contributed by atoms with van der Waals surface area (Å²) < 4.78 is 0. The molecule has 2 heteroatoms. The monoisotopic (exact) mass is 192 g/mol. The highest BCUT2D eigenvalue weighted by Gasteiger charge is 2.12. The first-order chi connectivity index (χ1) is 6.79. The summed E-state index contributed by atoms with van der Waals surface area (Å²) in [5.74, 6) is 0. The molecule has 1 rings (SSSR count). The lowest BCUT2D eigenvalue weighted by molar-refractivity contribution is 0.303. The molecule has 1 aliphatic heterocycles. The van der Waals surface area contributed by atoms with E-state index in [9.17, 15) is 0 Å². The zero-order valence-electron chi connectivity index (χ0n) is 9.21. The first-order valence-electron chi connectivity index (χ1n) is 5.21. The van der Waals surface area contributed by atoms with Crippen molar-refractivity contribution in [3.63, 3.8) is 0 Å². The Bertz CT molecular complexity index is 245. The van der Waals surface area contributed by atoms with Crippen LogP contribution >= 0.6 is 0 Å². The van der Waals surface area contributed by atoms with Gasteiger partial charge in [0.25, 0.3) is 0 Å². The normalized spacial score (nSPS) is 19.7. The van der Waals surface area contributed by atoms with Crippen molar-refractivity contribution in [1.29, 1.82) is 0 Å². The molecule has 1 heterocycles. The quantitative estimate of drug-likeness (QED) is 0.687. The minimum absolute atomic E-state index is 1.08. The van der Waals surface area contributed by atoms with Crippen molar-refractivity contribution in [2.24, 2.45) is 0 Å². The highest BCUT2D eigenvalue weighted by atomic mass is 15.2. The highest BCUT2D eigenvalue weighted by Crippen LogP contribution is 2.15. The van der Waals surface area contributed by atoms with Gasteiger partial charge in [-0.3, -0.25) is 0 Å². The van der Waals surface area contributed by atoms with Crippen LogP contribution < -0.4 is 5.32 Å². The molecule has 1 N–H and O–H groups in total. The smallest absolute Gasteiger partial charge is 0.0353 e. The number of rotatable bonds is 3. The van der Waals surface area contributed by atoms with E-state index in [-0.39, 0.29) is 0 Å². The summed E-state index contributed by atoms with van der Waals surface area (Å²) in [5.41, 5.74) is 2.64. The number of allylic oxidation sites excluding steroid dienone is 4. The maximum Gasteiger partial charge on any atom is 0.0353 e. The molecule has 0 aromatic rings. The van der Waals surface area contributed by atoms with Crippen LogP contribution in [0.15, 0.2) is 36.1 Å². The molecule has 0 unspecified atom stereocenters. The Labute approximate surface area is 87.0 Å². The molecule has 1 fully saturated rings. The Morgan fingerprint density at radius 3 is 2.50 bits per heavy atom. The van der Waals surface area contributed by atoms with Gasteiger partial charge in [0, 0.05) is 31.9 Å². The molecule has 0 atom stereocenters. The first-order valence-corrected chi connectivity index (χ1v) is 5.21. The summed E-state index contributed by atoms with van der Waals surface area (Å²) in [4.78, 5) is 2.42.